The van der Waals surface area contributed by atoms with E-state index in [1.54, 1.807) is 18.2 Å². The Hall–Kier alpha value is -1.48. The molecule has 96 valence electrons. The van der Waals surface area contributed by atoms with E-state index in [-0.39, 0.29) is 0 Å². The topological polar surface area (TPSA) is 36.0 Å². The van der Waals surface area contributed by atoms with Crippen molar-refractivity contribution in [2.24, 2.45) is 0 Å². The lowest BCUT2D eigenvalue weighted by atomic mass is 10.0. The fourth-order valence-corrected chi connectivity index (χ4v) is 2.42. The normalized spacial score (nSPS) is 12.8. The average Bonchev–Trinajstić information content (AvgIpc) is 2.88. The van der Waals surface area contributed by atoms with E-state index in [2.05, 4.69) is 4.98 Å². The molecular formula is C15H11Cl2NO. The minimum absolute atomic E-state index is 0.445. The minimum Gasteiger partial charge on any atom is -0.384 e. The molecule has 0 saturated heterocycles. The molecule has 0 radical (unpaired) electrons. The number of aliphatic hydroxyl groups is 1. The largest absolute Gasteiger partial charge is 0.384 e. The highest BCUT2D eigenvalue weighted by molar-refractivity contribution is 6.42. The molecule has 2 aromatic carbocycles. The van der Waals surface area contributed by atoms with Gasteiger partial charge in [0.15, 0.2) is 0 Å². The molecule has 0 spiro atoms. The highest BCUT2D eigenvalue weighted by atomic mass is 35.5. The van der Waals surface area contributed by atoms with Crippen LogP contribution in [0.3, 0.4) is 0 Å². The smallest absolute Gasteiger partial charge is 0.104 e. The molecule has 0 aliphatic carbocycles. The number of aromatic nitrogens is 1. The zero-order chi connectivity index (χ0) is 13.4. The first-order valence-corrected chi connectivity index (χ1v) is 6.61. The number of rotatable bonds is 2. The van der Waals surface area contributed by atoms with Gasteiger partial charge in [0.2, 0.25) is 0 Å². The first kappa shape index (κ1) is 12.5. The van der Waals surface area contributed by atoms with Crippen molar-refractivity contribution in [1.82, 2.24) is 4.98 Å². The number of nitrogens with one attached hydrogen (secondary N) is 1. The van der Waals surface area contributed by atoms with Crippen molar-refractivity contribution in [2.75, 3.05) is 0 Å². The molecule has 0 bridgehead atoms. The predicted molar refractivity (Wildman–Crippen MR) is 78.8 cm³/mol. The Kier molecular flexibility index (Phi) is 3.23. The molecule has 1 aromatic heterocycles. The van der Waals surface area contributed by atoms with Gasteiger partial charge in [-0.2, -0.15) is 0 Å². The van der Waals surface area contributed by atoms with Gasteiger partial charge in [0.1, 0.15) is 6.10 Å². The van der Waals surface area contributed by atoms with Crippen LogP contribution in [0.4, 0.5) is 0 Å². The summed E-state index contributed by atoms with van der Waals surface area (Å²) in [6.07, 6.45) is 1.16. The molecule has 0 aliphatic rings. The Morgan fingerprint density at radius 2 is 1.63 bits per heavy atom. The van der Waals surface area contributed by atoms with Crippen LogP contribution in [0.25, 0.3) is 10.9 Å². The van der Waals surface area contributed by atoms with Crippen molar-refractivity contribution >= 4 is 34.1 Å². The maximum atomic E-state index is 10.4. The zero-order valence-corrected chi connectivity index (χ0v) is 11.4. The second-order valence-electron chi connectivity index (χ2n) is 4.40. The molecule has 1 atom stereocenters. The predicted octanol–water partition coefficient (Wildman–Crippen LogP) is 4.56. The number of benzene rings is 2. The molecule has 1 heterocycles. The van der Waals surface area contributed by atoms with E-state index < -0.39 is 6.10 Å². The van der Waals surface area contributed by atoms with Gasteiger partial charge in [-0.15, -0.1) is 0 Å². The first-order chi connectivity index (χ1) is 9.15. The molecule has 3 rings (SSSR count). The standard InChI is InChI=1S/C15H11Cl2NO/c16-12-3-1-11(8-13(12)17)15(19)10-2-4-14-9(7-10)5-6-18-14/h1-8,15,18-19H. The van der Waals surface area contributed by atoms with E-state index in [9.17, 15) is 5.11 Å². The Morgan fingerprint density at radius 3 is 2.42 bits per heavy atom. The minimum atomic E-state index is -0.714. The zero-order valence-electron chi connectivity index (χ0n) is 9.90. The molecule has 0 fully saturated rings. The van der Waals surface area contributed by atoms with Crippen molar-refractivity contribution in [3.8, 4) is 0 Å². The van der Waals surface area contributed by atoms with E-state index in [0.717, 1.165) is 22.0 Å². The summed E-state index contributed by atoms with van der Waals surface area (Å²) in [5.41, 5.74) is 2.60. The molecular weight excluding hydrogens is 281 g/mol. The van der Waals surface area contributed by atoms with Crippen LogP contribution in [-0.4, -0.2) is 10.1 Å². The fraction of sp³-hybridized carbons (Fsp3) is 0.0667. The fourth-order valence-electron chi connectivity index (χ4n) is 2.12. The monoisotopic (exact) mass is 291 g/mol. The van der Waals surface area contributed by atoms with E-state index in [1.165, 1.54) is 0 Å². The van der Waals surface area contributed by atoms with Gasteiger partial charge in [-0.1, -0.05) is 35.3 Å². The number of hydrogen-bond donors (Lipinski definition) is 2. The van der Waals surface area contributed by atoms with Crippen LogP contribution in [0, 0.1) is 0 Å². The lowest BCUT2D eigenvalue weighted by molar-refractivity contribution is 0.220. The van der Waals surface area contributed by atoms with Crippen LogP contribution < -0.4 is 0 Å². The summed E-state index contributed by atoms with van der Waals surface area (Å²) in [5.74, 6) is 0. The number of aliphatic hydroxyl groups excluding tert-OH is 1. The third-order valence-corrected chi connectivity index (χ3v) is 3.89. The molecule has 19 heavy (non-hydrogen) atoms. The maximum Gasteiger partial charge on any atom is 0.104 e. The Morgan fingerprint density at radius 1 is 0.895 bits per heavy atom. The van der Waals surface area contributed by atoms with Gasteiger partial charge in [-0.3, -0.25) is 0 Å². The van der Waals surface area contributed by atoms with Gasteiger partial charge in [0, 0.05) is 11.7 Å². The second-order valence-corrected chi connectivity index (χ2v) is 5.21. The summed E-state index contributed by atoms with van der Waals surface area (Å²) >= 11 is 11.9. The summed E-state index contributed by atoms with van der Waals surface area (Å²) in [6, 6.07) is 12.9. The van der Waals surface area contributed by atoms with Crippen LogP contribution >= 0.6 is 23.2 Å². The van der Waals surface area contributed by atoms with Gasteiger partial charge in [-0.25, -0.2) is 0 Å². The summed E-state index contributed by atoms with van der Waals surface area (Å²) in [6.45, 7) is 0. The molecule has 2 N–H and O–H groups in total. The number of aromatic amines is 1. The summed E-state index contributed by atoms with van der Waals surface area (Å²) in [4.78, 5) is 3.12. The number of hydrogen-bond acceptors (Lipinski definition) is 1. The number of fused-ring (bicyclic) bond motifs is 1. The van der Waals surface area contributed by atoms with Gasteiger partial charge >= 0.3 is 0 Å². The van der Waals surface area contributed by atoms with E-state index in [4.69, 9.17) is 23.2 Å². The highest BCUT2D eigenvalue weighted by Crippen LogP contribution is 2.29. The SMILES string of the molecule is OC(c1ccc(Cl)c(Cl)c1)c1ccc2[nH]ccc2c1. The van der Waals surface area contributed by atoms with E-state index in [1.807, 2.05) is 30.5 Å². The lowest BCUT2D eigenvalue weighted by Gasteiger charge is -2.12. The third kappa shape index (κ3) is 2.35. The lowest BCUT2D eigenvalue weighted by Crippen LogP contribution is -1.99. The van der Waals surface area contributed by atoms with Gasteiger partial charge < -0.3 is 10.1 Å². The second kappa shape index (κ2) is 4.89. The summed E-state index contributed by atoms with van der Waals surface area (Å²) in [7, 11) is 0. The molecule has 0 aliphatic heterocycles. The van der Waals surface area contributed by atoms with E-state index in [0.29, 0.717) is 10.0 Å². The van der Waals surface area contributed by atoms with Crippen LogP contribution in [0.1, 0.15) is 17.2 Å². The quantitative estimate of drug-likeness (QED) is 0.714. The Balaban J connectivity index is 2.01. The third-order valence-electron chi connectivity index (χ3n) is 3.15. The van der Waals surface area contributed by atoms with Crippen molar-refractivity contribution in [3.63, 3.8) is 0 Å². The number of H-pyrrole nitrogens is 1. The average molecular weight is 292 g/mol. The molecule has 3 aromatic rings. The molecule has 4 heteroatoms. The first-order valence-electron chi connectivity index (χ1n) is 5.85. The van der Waals surface area contributed by atoms with Crippen LogP contribution in [0.15, 0.2) is 48.7 Å². The van der Waals surface area contributed by atoms with Crippen molar-refractivity contribution in [3.05, 3.63) is 69.8 Å². The van der Waals surface area contributed by atoms with E-state index >= 15 is 0 Å². The molecule has 1 unspecified atom stereocenters. The van der Waals surface area contributed by atoms with Gasteiger partial charge in [0.05, 0.1) is 10.0 Å². The molecule has 2 nitrogen and oxygen atoms in total. The van der Waals surface area contributed by atoms with Crippen LogP contribution in [-0.2, 0) is 0 Å². The van der Waals surface area contributed by atoms with Gasteiger partial charge in [-0.05, 0) is 46.8 Å². The molecule has 0 saturated carbocycles. The Labute approximate surface area is 120 Å². The number of halogens is 2. The van der Waals surface area contributed by atoms with Crippen LogP contribution in [0.2, 0.25) is 10.0 Å². The van der Waals surface area contributed by atoms with Gasteiger partial charge in [0.25, 0.3) is 0 Å². The Bertz CT molecular complexity index is 736. The van der Waals surface area contributed by atoms with Crippen molar-refractivity contribution in [1.29, 1.82) is 0 Å². The summed E-state index contributed by atoms with van der Waals surface area (Å²) < 4.78 is 0. The maximum absolute atomic E-state index is 10.4. The van der Waals surface area contributed by atoms with Crippen LogP contribution in [0.5, 0.6) is 0 Å². The molecule has 0 amide bonds. The summed E-state index contributed by atoms with van der Waals surface area (Å²) in [5, 5.41) is 12.4. The van der Waals surface area contributed by atoms with Crippen molar-refractivity contribution in [2.45, 2.75) is 6.10 Å². The van der Waals surface area contributed by atoms with Crippen molar-refractivity contribution < 1.29 is 5.11 Å². The highest BCUT2D eigenvalue weighted by Gasteiger charge is 2.12.